The third kappa shape index (κ3) is 2.85. The normalized spacial score (nSPS) is 11.4. The van der Waals surface area contributed by atoms with E-state index in [4.69, 9.17) is 15.7 Å². The Labute approximate surface area is 115 Å². The molecule has 0 bridgehead atoms. The van der Waals surface area contributed by atoms with E-state index < -0.39 is 0 Å². The quantitative estimate of drug-likeness (QED) is 0.390. The molecule has 0 radical (unpaired) electrons. The van der Waals surface area contributed by atoms with Gasteiger partial charge >= 0.3 is 0 Å². The molecule has 0 spiro atoms. The van der Waals surface area contributed by atoms with E-state index in [1.165, 1.54) is 12.1 Å². The van der Waals surface area contributed by atoms with E-state index in [1.807, 2.05) is 0 Å². The molecule has 6 heteroatoms. The molecule has 0 unspecified atom stereocenters. The van der Waals surface area contributed by atoms with Crippen molar-refractivity contribution in [2.45, 2.75) is 13.8 Å². The Morgan fingerprint density at radius 1 is 1.30 bits per heavy atom. The van der Waals surface area contributed by atoms with E-state index in [0.29, 0.717) is 22.6 Å². The number of oxime groups is 1. The van der Waals surface area contributed by atoms with Crippen molar-refractivity contribution < 1.29 is 14.3 Å². The van der Waals surface area contributed by atoms with E-state index in [-0.39, 0.29) is 17.5 Å². The van der Waals surface area contributed by atoms with Gasteiger partial charge in [-0.1, -0.05) is 5.16 Å². The van der Waals surface area contributed by atoms with Crippen LogP contribution in [-0.2, 0) is 0 Å². The Morgan fingerprint density at radius 3 is 2.70 bits per heavy atom. The highest BCUT2D eigenvalue weighted by atomic mass is 19.1. The van der Waals surface area contributed by atoms with Gasteiger partial charge in [0, 0.05) is 5.69 Å². The number of halogens is 1. The second-order valence-corrected chi connectivity index (χ2v) is 4.30. The zero-order valence-corrected chi connectivity index (χ0v) is 11.1. The lowest BCUT2D eigenvalue weighted by atomic mass is 10.2. The molecule has 20 heavy (non-hydrogen) atoms. The van der Waals surface area contributed by atoms with Gasteiger partial charge in [-0.15, -0.1) is 0 Å². The van der Waals surface area contributed by atoms with Gasteiger partial charge in [0.25, 0.3) is 0 Å². The summed E-state index contributed by atoms with van der Waals surface area (Å²) in [5.74, 6) is 0.206. The topological polar surface area (TPSA) is 80.7 Å². The second kappa shape index (κ2) is 5.56. The molecule has 0 amide bonds. The van der Waals surface area contributed by atoms with Crippen LogP contribution in [0.25, 0.3) is 0 Å². The van der Waals surface area contributed by atoms with Crippen molar-refractivity contribution in [1.82, 2.24) is 4.98 Å². The van der Waals surface area contributed by atoms with E-state index in [2.05, 4.69) is 10.1 Å². The average molecular weight is 275 g/mol. The summed E-state index contributed by atoms with van der Waals surface area (Å²) < 4.78 is 18.8. The largest absolute Gasteiger partial charge is 0.438 e. The van der Waals surface area contributed by atoms with Crippen LogP contribution in [0.15, 0.2) is 35.5 Å². The SMILES string of the molecule is Cc1ccc(/C(N)=N/O)c(Oc2ccc(F)c(C)c2)n1. The van der Waals surface area contributed by atoms with E-state index in [9.17, 15) is 4.39 Å². The Balaban J connectivity index is 2.41. The van der Waals surface area contributed by atoms with Crippen molar-refractivity contribution in [3.63, 3.8) is 0 Å². The molecule has 0 aliphatic rings. The van der Waals surface area contributed by atoms with Gasteiger partial charge in [0.1, 0.15) is 11.6 Å². The lowest BCUT2D eigenvalue weighted by Gasteiger charge is -2.10. The maximum atomic E-state index is 13.2. The summed E-state index contributed by atoms with van der Waals surface area (Å²) in [4.78, 5) is 4.20. The number of rotatable bonds is 3. The number of nitrogens with two attached hydrogens (primary N) is 1. The Bertz CT molecular complexity index is 671. The Morgan fingerprint density at radius 2 is 2.05 bits per heavy atom. The standard InChI is InChI=1S/C14H14FN3O2/c1-8-7-10(4-6-12(8)15)20-14-11(13(16)18-19)5-3-9(2)17-14/h3-7,19H,1-2H3,(H2,16,18). The summed E-state index contributed by atoms with van der Waals surface area (Å²) in [5, 5.41) is 11.7. The van der Waals surface area contributed by atoms with Crippen LogP contribution in [0, 0.1) is 19.7 Å². The molecule has 0 atom stereocenters. The predicted octanol–water partition coefficient (Wildman–Crippen LogP) is 2.72. The first-order valence-electron chi connectivity index (χ1n) is 5.91. The van der Waals surface area contributed by atoms with Crippen LogP contribution in [0.2, 0.25) is 0 Å². The van der Waals surface area contributed by atoms with Crippen molar-refractivity contribution in [3.8, 4) is 11.6 Å². The summed E-state index contributed by atoms with van der Waals surface area (Å²) in [7, 11) is 0. The predicted molar refractivity (Wildman–Crippen MR) is 72.7 cm³/mol. The van der Waals surface area contributed by atoms with Crippen LogP contribution < -0.4 is 10.5 Å². The number of benzene rings is 1. The molecule has 0 aliphatic heterocycles. The zero-order chi connectivity index (χ0) is 14.7. The molecule has 2 aromatic rings. The van der Waals surface area contributed by atoms with Crippen LogP contribution >= 0.6 is 0 Å². The lowest BCUT2D eigenvalue weighted by Crippen LogP contribution is -2.15. The fraction of sp³-hybridized carbons (Fsp3) is 0.143. The number of aromatic nitrogens is 1. The second-order valence-electron chi connectivity index (χ2n) is 4.30. The van der Waals surface area contributed by atoms with Crippen LogP contribution in [-0.4, -0.2) is 16.0 Å². The van der Waals surface area contributed by atoms with Gasteiger partial charge in [-0.2, -0.15) is 0 Å². The van der Waals surface area contributed by atoms with Crippen molar-refractivity contribution in [2.24, 2.45) is 10.9 Å². The fourth-order valence-corrected chi connectivity index (χ4v) is 1.65. The van der Waals surface area contributed by atoms with Gasteiger partial charge in [0.15, 0.2) is 5.84 Å². The maximum Gasteiger partial charge on any atom is 0.230 e. The number of ether oxygens (including phenoxy) is 1. The van der Waals surface area contributed by atoms with Gasteiger partial charge < -0.3 is 15.7 Å². The van der Waals surface area contributed by atoms with Crippen molar-refractivity contribution in [2.75, 3.05) is 0 Å². The molecule has 3 N–H and O–H groups in total. The number of aryl methyl sites for hydroxylation is 2. The summed E-state index contributed by atoms with van der Waals surface area (Å²) in [6.07, 6.45) is 0. The van der Waals surface area contributed by atoms with Crippen LogP contribution in [0.4, 0.5) is 4.39 Å². The average Bonchev–Trinajstić information content (AvgIpc) is 2.42. The third-order valence-electron chi connectivity index (χ3n) is 2.73. The van der Waals surface area contributed by atoms with Gasteiger partial charge in [0.05, 0.1) is 5.56 Å². The minimum absolute atomic E-state index is 0.105. The smallest absolute Gasteiger partial charge is 0.230 e. The van der Waals surface area contributed by atoms with Crippen LogP contribution in [0.1, 0.15) is 16.8 Å². The van der Waals surface area contributed by atoms with Gasteiger partial charge in [-0.05, 0) is 49.7 Å². The van der Waals surface area contributed by atoms with E-state index in [0.717, 1.165) is 0 Å². The molecule has 1 aromatic heterocycles. The first-order chi connectivity index (χ1) is 9.51. The Hall–Kier alpha value is -2.63. The minimum atomic E-state index is -0.314. The summed E-state index contributed by atoms with van der Waals surface area (Å²) >= 11 is 0. The molecule has 5 nitrogen and oxygen atoms in total. The molecule has 0 aliphatic carbocycles. The molecule has 0 saturated carbocycles. The van der Waals surface area contributed by atoms with Gasteiger partial charge in [0.2, 0.25) is 5.88 Å². The minimum Gasteiger partial charge on any atom is -0.438 e. The van der Waals surface area contributed by atoms with Crippen molar-refractivity contribution in [3.05, 3.63) is 53.0 Å². The highest BCUT2D eigenvalue weighted by Crippen LogP contribution is 2.25. The fourth-order valence-electron chi connectivity index (χ4n) is 1.65. The lowest BCUT2D eigenvalue weighted by molar-refractivity contribution is 0.318. The van der Waals surface area contributed by atoms with Crippen molar-refractivity contribution in [1.29, 1.82) is 0 Å². The van der Waals surface area contributed by atoms with E-state index >= 15 is 0 Å². The number of pyridine rings is 1. The van der Waals surface area contributed by atoms with E-state index in [1.54, 1.807) is 32.0 Å². The molecule has 1 heterocycles. The molecule has 1 aromatic carbocycles. The first kappa shape index (κ1) is 13.8. The molecule has 2 rings (SSSR count). The summed E-state index contributed by atoms with van der Waals surface area (Å²) in [5.41, 5.74) is 7.11. The van der Waals surface area contributed by atoms with Crippen LogP contribution in [0.3, 0.4) is 0 Å². The summed E-state index contributed by atoms with van der Waals surface area (Å²) in [6, 6.07) is 7.71. The van der Waals surface area contributed by atoms with Crippen molar-refractivity contribution >= 4 is 5.84 Å². The first-order valence-corrected chi connectivity index (χ1v) is 5.91. The highest BCUT2D eigenvalue weighted by molar-refractivity contribution is 5.99. The summed E-state index contributed by atoms with van der Waals surface area (Å²) in [6.45, 7) is 3.43. The maximum absolute atomic E-state index is 13.2. The number of hydrogen-bond donors (Lipinski definition) is 2. The highest BCUT2D eigenvalue weighted by Gasteiger charge is 2.12. The number of amidine groups is 1. The van der Waals surface area contributed by atoms with Gasteiger partial charge in [-0.25, -0.2) is 9.37 Å². The molecular formula is C14H14FN3O2. The van der Waals surface area contributed by atoms with Gasteiger partial charge in [-0.3, -0.25) is 0 Å². The molecule has 0 saturated heterocycles. The Kier molecular flexibility index (Phi) is 3.84. The molecule has 104 valence electrons. The monoisotopic (exact) mass is 275 g/mol. The van der Waals surface area contributed by atoms with Crippen LogP contribution in [0.5, 0.6) is 11.6 Å². The number of nitrogens with zero attached hydrogens (tertiary/aromatic N) is 2. The molecular weight excluding hydrogens is 261 g/mol. The number of hydrogen-bond acceptors (Lipinski definition) is 4. The zero-order valence-electron chi connectivity index (χ0n) is 11.1. The third-order valence-corrected chi connectivity index (χ3v) is 2.73. The molecule has 0 fully saturated rings.